The molecule has 0 aliphatic rings. The average Bonchev–Trinajstić information content (AvgIpc) is 2.40. The van der Waals surface area contributed by atoms with E-state index < -0.39 is 0 Å². The molecule has 0 saturated carbocycles. The van der Waals surface area contributed by atoms with Crippen LogP contribution >= 0.6 is 0 Å². The Bertz CT molecular complexity index is 388. The van der Waals surface area contributed by atoms with E-state index in [4.69, 9.17) is 0 Å². The van der Waals surface area contributed by atoms with Crippen LogP contribution in [0.25, 0.3) is 0 Å². The minimum atomic E-state index is -0.307. The van der Waals surface area contributed by atoms with Crippen LogP contribution in [0.15, 0.2) is 24.3 Å². The second-order valence-corrected chi connectivity index (χ2v) is 4.80. The summed E-state index contributed by atoms with van der Waals surface area (Å²) in [5.41, 5.74) is 0.614. The van der Waals surface area contributed by atoms with Crippen LogP contribution in [0.4, 0.5) is 10.1 Å². The van der Waals surface area contributed by atoms with Gasteiger partial charge in [0.15, 0.2) is 0 Å². The Morgan fingerprint density at radius 3 is 2.32 bits per heavy atom. The first-order valence-corrected chi connectivity index (χ1v) is 6.85. The Balaban J connectivity index is 2.37. The SMILES string of the molecule is CCC(CC)C(C)NCC(=O)Nc1ccc(F)cc1. The number of nitrogens with one attached hydrogen (secondary N) is 2. The van der Waals surface area contributed by atoms with Gasteiger partial charge in [0.05, 0.1) is 6.54 Å². The lowest BCUT2D eigenvalue weighted by molar-refractivity contribution is -0.115. The van der Waals surface area contributed by atoms with Gasteiger partial charge in [-0.3, -0.25) is 4.79 Å². The maximum absolute atomic E-state index is 12.7. The lowest BCUT2D eigenvalue weighted by Gasteiger charge is -2.22. The summed E-state index contributed by atoms with van der Waals surface area (Å²) in [5.74, 6) is 0.168. The van der Waals surface area contributed by atoms with Crippen molar-refractivity contribution in [1.82, 2.24) is 5.32 Å². The molecule has 0 fully saturated rings. The van der Waals surface area contributed by atoms with Crippen molar-refractivity contribution in [3.8, 4) is 0 Å². The number of carbonyl (C=O) groups excluding carboxylic acids is 1. The molecular formula is C15H23FN2O. The molecule has 2 N–H and O–H groups in total. The molecular weight excluding hydrogens is 243 g/mol. The first kappa shape index (κ1) is 15.6. The molecule has 19 heavy (non-hydrogen) atoms. The topological polar surface area (TPSA) is 41.1 Å². The molecule has 0 aromatic heterocycles. The van der Waals surface area contributed by atoms with Crippen LogP contribution in [-0.2, 0) is 4.79 Å². The van der Waals surface area contributed by atoms with Gasteiger partial charge >= 0.3 is 0 Å². The molecule has 3 nitrogen and oxygen atoms in total. The lowest BCUT2D eigenvalue weighted by atomic mass is 9.95. The summed E-state index contributed by atoms with van der Waals surface area (Å²) < 4.78 is 12.7. The van der Waals surface area contributed by atoms with Crippen LogP contribution in [0.2, 0.25) is 0 Å². The van der Waals surface area contributed by atoms with Crippen molar-refractivity contribution < 1.29 is 9.18 Å². The van der Waals surface area contributed by atoms with Gasteiger partial charge < -0.3 is 10.6 Å². The number of hydrogen-bond donors (Lipinski definition) is 2. The monoisotopic (exact) mass is 266 g/mol. The number of carbonyl (C=O) groups is 1. The van der Waals surface area contributed by atoms with Gasteiger partial charge in [-0.05, 0) is 37.1 Å². The fourth-order valence-electron chi connectivity index (χ4n) is 2.15. The summed E-state index contributed by atoms with van der Waals surface area (Å²) in [4.78, 5) is 11.7. The maximum atomic E-state index is 12.7. The smallest absolute Gasteiger partial charge is 0.238 e. The number of hydrogen-bond acceptors (Lipinski definition) is 2. The van der Waals surface area contributed by atoms with E-state index in [1.54, 1.807) is 12.1 Å². The van der Waals surface area contributed by atoms with E-state index in [1.807, 2.05) is 0 Å². The summed E-state index contributed by atoms with van der Waals surface area (Å²) in [5, 5.41) is 5.96. The standard InChI is InChI=1S/C15H23FN2O/c1-4-12(5-2)11(3)17-10-15(19)18-14-8-6-13(16)7-9-14/h6-9,11-12,17H,4-5,10H2,1-3H3,(H,18,19). The third-order valence-corrected chi connectivity index (χ3v) is 3.47. The number of amides is 1. The van der Waals surface area contributed by atoms with Gasteiger partial charge in [0.2, 0.25) is 5.91 Å². The molecule has 0 radical (unpaired) electrons. The van der Waals surface area contributed by atoms with Gasteiger partial charge in [-0.2, -0.15) is 0 Å². The van der Waals surface area contributed by atoms with Gasteiger partial charge in [-0.25, -0.2) is 4.39 Å². The third-order valence-electron chi connectivity index (χ3n) is 3.47. The van der Waals surface area contributed by atoms with Crippen LogP contribution in [0.1, 0.15) is 33.6 Å². The van der Waals surface area contributed by atoms with Crippen LogP contribution in [-0.4, -0.2) is 18.5 Å². The molecule has 1 unspecified atom stereocenters. The Labute approximate surface area is 114 Å². The second kappa shape index (κ2) is 7.89. The predicted molar refractivity (Wildman–Crippen MR) is 76.6 cm³/mol. The number of halogens is 1. The summed E-state index contributed by atoms with van der Waals surface area (Å²) in [6.07, 6.45) is 2.20. The molecule has 1 aromatic rings. The third kappa shape index (κ3) is 5.39. The molecule has 1 amide bonds. The van der Waals surface area contributed by atoms with Crippen molar-refractivity contribution in [2.45, 2.75) is 39.7 Å². The highest BCUT2D eigenvalue weighted by Gasteiger charge is 2.13. The van der Waals surface area contributed by atoms with Crippen molar-refractivity contribution >= 4 is 11.6 Å². The Kier molecular flexibility index (Phi) is 6.50. The van der Waals surface area contributed by atoms with Crippen molar-refractivity contribution in [3.63, 3.8) is 0 Å². The van der Waals surface area contributed by atoms with Crippen molar-refractivity contribution in [2.24, 2.45) is 5.92 Å². The fraction of sp³-hybridized carbons (Fsp3) is 0.533. The molecule has 0 aliphatic heterocycles. The summed E-state index contributed by atoms with van der Waals surface area (Å²) in [6, 6.07) is 6.08. The van der Waals surface area contributed by atoms with Crippen LogP contribution in [0, 0.1) is 11.7 Å². The highest BCUT2D eigenvalue weighted by molar-refractivity contribution is 5.92. The molecule has 0 aliphatic carbocycles. The summed E-state index contributed by atoms with van der Waals surface area (Å²) in [7, 11) is 0. The highest BCUT2D eigenvalue weighted by Crippen LogP contribution is 2.12. The first-order valence-electron chi connectivity index (χ1n) is 6.85. The molecule has 1 rings (SSSR count). The molecule has 0 spiro atoms. The van der Waals surface area contributed by atoms with Gasteiger partial charge in [0.25, 0.3) is 0 Å². The highest BCUT2D eigenvalue weighted by atomic mass is 19.1. The molecule has 0 saturated heterocycles. The maximum Gasteiger partial charge on any atom is 0.238 e. The minimum Gasteiger partial charge on any atom is -0.325 e. The van der Waals surface area contributed by atoms with Gasteiger partial charge in [-0.1, -0.05) is 26.7 Å². The van der Waals surface area contributed by atoms with E-state index in [1.165, 1.54) is 12.1 Å². The van der Waals surface area contributed by atoms with Crippen LogP contribution in [0.3, 0.4) is 0 Å². The van der Waals surface area contributed by atoms with Crippen molar-refractivity contribution in [1.29, 1.82) is 0 Å². The van der Waals surface area contributed by atoms with E-state index in [2.05, 4.69) is 31.4 Å². The predicted octanol–water partition coefficient (Wildman–Crippen LogP) is 3.18. The largest absolute Gasteiger partial charge is 0.325 e. The zero-order valence-corrected chi connectivity index (χ0v) is 11.9. The number of benzene rings is 1. The van der Waals surface area contributed by atoms with Crippen LogP contribution < -0.4 is 10.6 Å². The molecule has 0 bridgehead atoms. The molecule has 4 heteroatoms. The fourth-order valence-corrected chi connectivity index (χ4v) is 2.15. The van der Waals surface area contributed by atoms with E-state index in [0.29, 0.717) is 17.6 Å². The summed E-state index contributed by atoms with van der Waals surface area (Å²) in [6.45, 7) is 6.69. The lowest BCUT2D eigenvalue weighted by Crippen LogP contribution is -2.38. The number of rotatable bonds is 7. The van der Waals surface area contributed by atoms with Crippen molar-refractivity contribution in [3.05, 3.63) is 30.1 Å². The zero-order chi connectivity index (χ0) is 14.3. The summed E-state index contributed by atoms with van der Waals surface area (Å²) >= 11 is 0. The quantitative estimate of drug-likeness (QED) is 0.796. The normalized spacial score (nSPS) is 12.5. The first-order chi connectivity index (χ1) is 9.06. The Hall–Kier alpha value is -1.42. The molecule has 0 heterocycles. The van der Waals surface area contributed by atoms with E-state index in [9.17, 15) is 9.18 Å². The molecule has 1 aromatic carbocycles. The van der Waals surface area contributed by atoms with E-state index >= 15 is 0 Å². The Morgan fingerprint density at radius 1 is 1.21 bits per heavy atom. The number of anilines is 1. The van der Waals surface area contributed by atoms with Gasteiger partial charge in [-0.15, -0.1) is 0 Å². The second-order valence-electron chi connectivity index (χ2n) is 4.80. The zero-order valence-electron chi connectivity index (χ0n) is 11.9. The van der Waals surface area contributed by atoms with Gasteiger partial charge in [0, 0.05) is 11.7 Å². The molecule has 1 atom stereocenters. The molecule has 106 valence electrons. The van der Waals surface area contributed by atoms with Crippen LogP contribution in [0.5, 0.6) is 0 Å². The van der Waals surface area contributed by atoms with Crippen molar-refractivity contribution in [2.75, 3.05) is 11.9 Å². The minimum absolute atomic E-state index is 0.107. The van der Waals surface area contributed by atoms with E-state index in [-0.39, 0.29) is 18.3 Å². The average molecular weight is 266 g/mol. The van der Waals surface area contributed by atoms with Gasteiger partial charge in [0.1, 0.15) is 5.82 Å². The Morgan fingerprint density at radius 2 is 1.79 bits per heavy atom. The van der Waals surface area contributed by atoms with E-state index in [0.717, 1.165) is 12.8 Å².